The number of carbonyl (C=O) groups excluding carboxylic acids is 1. The second-order valence-electron chi connectivity index (χ2n) is 8.40. The predicted octanol–water partition coefficient (Wildman–Crippen LogP) is 3.98. The molecule has 1 heterocycles. The van der Waals surface area contributed by atoms with Crippen molar-refractivity contribution in [1.29, 1.82) is 0 Å². The van der Waals surface area contributed by atoms with E-state index in [1.165, 1.54) is 18.3 Å². The number of piperidine rings is 1. The molecule has 2 aliphatic carbocycles. The van der Waals surface area contributed by atoms with Crippen LogP contribution < -0.4 is 0 Å². The van der Waals surface area contributed by atoms with Gasteiger partial charge in [0.05, 0.1) is 6.26 Å². The summed E-state index contributed by atoms with van der Waals surface area (Å²) < 4.78 is 32.6. The Hall–Kier alpha value is -0.820. The minimum Gasteiger partial charge on any atom is -0.444 e. The fourth-order valence-electron chi connectivity index (χ4n) is 3.25. The molecule has 1 atom stereocenters. The smallest absolute Gasteiger partial charge is 0.410 e. The third kappa shape index (κ3) is 9.45. The fraction of sp³-hybridized carbons (Fsp3) is 0.944. The first-order chi connectivity index (χ1) is 11.4. The fourth-order valence-corrected chi connectivity index (χ4v) is 3.25. The molecular weight excluding hydrogens is 342 g/mol. The Morgan fingerprint density at radius 3 is 1.72 bits per heavy atom. The van der Waals surface area contributed by atoms with Gasteiger partial charge in [-0.1, -0.05) is 4.55 Å². The summed E-state index contributed by atoms with van der Waals surface area (Å²) in [6.45, 7) is 8.64. The van der Waals surface area contributed by atoms with Gasteiger partial charge in [-0.25, -0.2) is 4.79 Å². The van der Waals surface area contributed by atoms with Gasteiger partial charge in [-0.05, 0) is 84.5 Å². The minimum atomic E-state index is -3.92. The van der Waals surface area contributed by atoms with Crippen LogP contribution in [0.15, 0.2) is 0 Å². The Bertz CT molecular complexity index is 500. The van der Waals surface area contributed by atoms with Crippen molar-refractivity contribution in [2.24, 2.45) is 11.8 Å². The number of fused-ring (bicyclic) bond motifs is 1. The average molecular weight is 377 g/mol. The molecule has 0 aromatic heterocycles. The monoisotopic (exact) mass is 376 g/mol. The number of ether oxygens (including phenoxy) is 1. The molecular formula is C18H34NO5S. The Balaban J connectivity index is 0.000000230. The number of hydrogen-bond acceptors (Lipinski definition) is 4. The number of rotatable bonds is 0. The predicted molar refractivity (Wildman–Crippen MR) is 97.2 cm³/mol. The molecule has 3 fully saturated rings. The van der Waals surface area contributed by atoms with E-state index in [4.69, 9.17) is 17.7 Å². The summed E-state index contributed by atoms with van der Waals surface area (Å²) in [5, 5.41) is 0. The van der Waals surface area contributed by atoms with Gasteiger partial charge in [-0.3, -0.25) is 0 Å². The van der Waals surface area contributed by atoms with Crippen LogP contribution in [-0.2, 0) is 19.4 Å². The summed E-state index contributed by atoms with van der Waals surface area (Å²) in [6, 6.07) is 0.332. The van der Waals surface area contributed by atoms with E-state index >= 15 is 0 Å². The highest BCUT2D eigenvalue weighted by atomic mass is 32.2. The molecule has 0 spiro atoms. The molecule has 0 N–H and O–H groups in total. The van der Waals surface area contributed by atoms with Gasteiger partial charge in [0.15, 0.2) is 0 Å². The van der Waals surface area contributed by atoms with E-state index in [-0.39, 0.29) is 11.7 Å². The first-order valence-electron chi connectivity index (χ1n) is 9.27. The van der Waals surface area contributed by atoms with Crippen molar-refractivity contribution in [2.45, 2.75) is 84.3 Å². The lowest BCUT2D eigenvalue weighted by Gasteiger charge is -2.46. The molecule has 1 saturated heterocycles. The second-order valence-corrected chi connectivity index (χ2v) is 9.81. The Morgan fingerprint density at radius 2 is 1.44 bits per heavy atom. The summed E-state index contributed by atoms with van der Waals surface area (Å²) in [5.74, 6) is 2.43. The van der Waals surface area contributed by atoms with Gasteiger partial charge >= 0.3 is 6.09 Å². The van der Waals surface area contributed by atoms with Crippen LogP contribution in [0.2, 0.25) is 0 Å². The van der Waals surface area contributed by atoms with Gasteiger partial charge in [0, 0.05) is 12.6 Å². The van der Waals surface area contributed by atoms with E-state index in [1.54, 1.807) is 25.7 Å². The number of hydrogen-bond donors (Lipinski definition) is 0. The van der Waals surface area contributed by atoms with Crippen molar-refractivity contribution < 1.29 is 22.5 Å². The molecule has 25 heavy (non-hydrogen) atoms. The van der Waals surface area contributed by atoms with Crippen LogP contribution in [0.5, 0.6) is 0 Å². The molecule has 2 saturated carbocycles. The molecule has 3 aliphatic rings. The molecule has 6 nitrogen and oxygen atoms in total. The van der Waals surface area contributed by atoms with Crippen LogP contribution in [0.25, 0.3) is 0 Å². The van der Waals surface area contributed by atoms with Crippen LogP contribution in [0.1, 0.15) is 72.6 Å². The summed E-state index contributed by atoms with van der Waals surface area (Å²) in [6.07, 6.45) is 10.1. The van der Waals surface area contributed by atoms with Crippen LogP contribution in [0, 0.1) is 11.8 Å². The number of amides is 1. The van der Waals surface area contributed by atoms with Crippen molar-refractivity contribution >= 4 is 16.2 Å². The molecule has 147 valence electrons. The van der Waals surface area contributed by atoms with E-state index in [9.17, 15) is 4.79 Å². The Kier molecular flexibility index (Phi) is 8.19. The zero-order valence-corrected chi connectivity index (χ0v) is 17.1. The zero-order chi connectivity index (χ0) is 19.3. The van der Waals surface area contributed by atoms with Crippen LogP contribution in [0.3, 0.4) is 0 Å². The highest BCUT2D eigenvalue weighted by molar-refractivity contribution is 7.84. The van der Waals surface area contributed by atoms with Crippen molar-refractivity contribution in [3.63, 3.8) is 0 Å². The lowest BCUT2D eigenvalue weighted by atomic mass is 9.60. The number of carbonyl (C=O) groups is 1. The zero-order valence-electron chi connectivity index (χ0n) is 16.3. The van der Waals surface area contributed by atoms with Gasteiger partial charge in [-0.15, -0.1) is 0 Å². The molecule has 3 rings (SSSR count). The minimum absolute atomic E-state index is 0.162. The highest BCUT2D eigenvalue weighted by Crippen LogP contribution is 2.49. The summed E-state index contributed by atoms with van der Waals surface area (Å²) in [5.41, 5.74) is -0.381. The van der Waals surface area contributed by atoms with Gasteiger partial charge in [0.1, 0.15) is 5.60 Å². The molecule has 7 heteroatoms. The first-order valence-corrected chi connectivity index (χ1v) is 11.1. The molecule has 1 radical (unpaired) electrons. The molecule has 0 bridgehead atoms. The van der Waals surface area contributed by atoms with Crippen LogP contribution >= 0.6 is 0 Å². The quantitative estimate of drug-likeness (QED) is 0.640. The maximum Gasteiger partial charge on any atom is 0.410 e. The third-order valence-corrected chi connectivity index (χ3v) is 4.91. The first kappa shape index (κ1) is 22.2. The normalized spacial score (nSPS) is 27.9. The molecule has 1 unspecified atom stereocenters. The lowest BCUT2D eigenvalue weighted by molar-refractivity contribution is 0.0120. The lowest BCUT2D eigenvalue weighted by Crippen LogP contribution is -2.44. The summed E-state index contributed by atoms with van der Waals surface area (Å²) >= 11 is 0. The maximum absolute atomic E-state index is 11.7. The van der Waals surface area contributed by atoms with Crippen molar-refractivity contribution in [1.82, 2.24) is 4.90 Å². The summed E-state index contributed by atoms with van der Waals surface area (Å²) in [7, 11) is -3.92. The number of likely N-dealkylation sites (tertiary alicyclic amines) is 1. The van der Waals surface area contributed by atoms with E-state index in [0.29, 0.717) is 12.3 Å². The van der Waals surface area contributed by atoms with E-state index in [2.05, 4.69) is 6.92 Å². The standard InChI is InChI=1S/C11H21NO2.C6H10.CH3O3S/c1-9-7-5-6-8-12(9)10(13)14-11(2,3)4;1-2-6-4-3-5(1)6;1-5(2,3)4/h9H,5-8H2,1-4H3;5-6H,1-4H2;1H3. The molecule has 0 aromatic rings. The van der Waals surface area contributed by atoms with Crippen molar-refractivity contribution in [3.05, 3.63) is 0 Å². The SMILES string of the molecule is C1CC2CCC12.CC1CCCCN1C(=O)OC(C)(C)C.CS([O])(=O)=O. The molecule has 1 aliphatic heterocycles. The largest absolute Gasteiger partial charge is 0.444 e. The van der Waals surface area contributed by atoms with Crippen LogP contribution in [-0.4, -0.2) is 43.9 Å². The second kappa shape index (κ2) is 9.21. The van der Waals surface area contributed by atoms with Gasteiger partial charge < -0.3 is 9.64 Å². The molecule has 0 aromatic carbocycles. The Labute approximate surface area is 153 Å². The van der Waals surface area contributed by atoms with Gasteiger partial charge in [-0.2, -0.15) is 8.42 Å². The highest BCUT2D eigenvalue weighted by Gasteiger charge is 2.37. The third-order valence-electron chi connectivity index (χ3n) is 4.91. The maximum atomic E-state index is 11.7. The van der Waals surface area contributed by atoms with Gasteiger partial charge in [0.25, 0.3) is 10.1 Å². The Morgan fingerprint density at radius 1 is 1.00 bits per heavy atom. The van der Waals surface area contributed by atoms with Gasteiger partial charge in [0.2, 0.25) is 0 Å². The van der Waals surface area contributed by atoms with E-state index in [0.717, 1.165) is 19.4 Å². The van der Waals surface area contributed by atoms with E-state index in [1.807, 2.05) is 25.7 Å². The van der Waals surface area contributed by atoms with Crippen molar-refractivity contribution in [2.75, 3.05) is 12.8 Å². The molecule has 1 amide bonds. The number of nitrogens with zero attached hydrogens (tertiary/aromatic N) is 1. The van der Waals surface area contributed by atoms with Crippen LogP contribution in [0.4, 0.5) is 4.79 Å². The summed E-state index contributed by atoms with van der Waals surface area (Å²) in [4.78, 5) is 13.6. The van der Waals surface area contributed by atoms with Crippen molar-refractivity contribution in [3.8, 4) is 0 Å². The topological polar surface area (TPSA) is 83.6 Å². The average Bonchev–Trinajstić information content (AvgIpc) is 2.40. The van der Waals surface area contributed by atoms with E-state index < -0.39 is 10.1 Å².